The number of methoxy groups -OCH3 is 2. The third-order valence-electron chi connectivity index (χ3n) is 6.22. The largest absolute Gasteiger partial charge is 0.493 e. The predicted molar refractivity (Wildman–Crippen MR) is 111 cm³/mol. The molecule has 4 heterocycles. The van der Waals surface area contributed by atoms with Crippen LogP contribution in [-0.4, -0.2) is 48.9 Å². The van der Waals surface area contributed by atoms with Crippen LogP contribution in [-0.2, 0) is 16.8 Å². The van der Waals surface area contributed by atoms with Crippen LogP contribution in [0.15, 0.2) is 24.4 Å². The van der Waals surface area contributed by atoms with E-state index < -0.39 is 0 Å². The molecule has 0 atom stereocenters. The molecule has 0 saturated carbocycles. The van der Waals surface area contributed by atoms with Crippen molar-refractivity contribution in [1.82, 2.24) is 15.0 Å². The van der Waals surface area contributed by atoms with Crippen LogP contribution in [0.2, 0.25) is 0 Å². The van der Waals surface area contributed by atoms with E-state index >= 15 is 0 Å². The van der Waals surface area contributed by atoms with Gasteiger partial charge in [0.1, 0.15) is 11.3 Å². The number of fused-ring (bicyclic) bond motifs is 3. The number of anilines is 1. The first-order valence-electron chi connectivity index (χ1n) is 10.1. The van der Waals surface area contributed by atoms with Crippen molar-refractivity contribution < 1.29 is 14.2 Å². The number of aryl methyl sites for hydroxylation is 1. The Hall–Kier alpha value is -2.80. The van der Waals surface area contributed by atoms with Gasteiger partial charge in [0.2, 0.25) is 0 Å². The molecule has 1 N–H and O–H groups in total. The van der Waals surface area contributed by atoms with E-state index in [0.717, 1.165) is 73.1 Å². The van der Waals surface area contributed by atoms with Gasteiger partial charge in [-0.15, -0.1) is 0 Å². The van der Waals surface area contributed by atoms with E-state index in [-0.39, 0.29) is 5.60 Å². The summed E-state index contributed by atoms with van der Waals surface area (Å²) >= 11 is 0. The number of aromatic nitrogens is 3. The Labute approximate surface area is 170 Å². The number of hydrogen-bond acceptors (Lipinski definition) is 6. The van der Waals surface area contributed by atoms with Gasteiger partial charge in [-0.2, -0.15) is 0 Å². The molecule has 5 rings (SSSR count). The van der Waals surface area contributed by atoms with Gasteiger partial charge in [-0.05, 0) is 55.5 Å². The molecule has 7 heteroatoms. The molecule has 1 aromatic carbocycles. The summed E-state index contributed by atoms with van der Waals surface area (Å²) in [6.07, 6.45) is 4.63. The van der Waals surface area contributed by atoms with Gasteiger partial charge in [0, 0.05) is 19.3 Å². The summed E-state index contributed by atoms with van der Waals surface area (Å²) in [5, 5.41) is 0. The van der Waals surface area contributed by atoms with Crippen LogP contribution >= 0.6 is 0 Å². The number of ether oxygens (including phenoxy) is 3. The standard InChI is InChI=1S/C22H26N4O3/c1-14-24-17-4-8-23-20(17)21(25-14)26-9-6-22(7-10-26)16-13-19(28-3)18(27-2)12-15(16)5-11-29-22/h4,8,12-13,23H,5-7,9-11H2,1-3H3. The summed E-state index contributed by atoms with van der Waals surface area (Å²) in [5.74, 6) is 3.32. The summed E-state index contributed by atoms with van der Waals surface area (Å²) in [6, 6.07) is 6.22. The highest BCUT2D eigenvalue weighted by Crippen LogP contribution is 2.46. The first-order valence-corrected chi connectivity index (χ1v) is 10.1. The smallest absolute Gasteiger partial charge is 0.161 e. The molecule has 0 amide bonds. The molecule has 2 aromatic heterocycles. The summed E-state index contributed by atoms with van der Waals surface area (Å²) in [4.78, 5) is 14.9. The second kappa shape index (κ2) is 6.91. The molecule has 0 radical (unpaired) electrons. The van der Waals surface area contributed by atoms with E-state index in [2.05, 4.69) is 27.0 Å². The number of hydrogen-bond donors (Lipinski definition) is 1. The van der Waals surface area contributed by atoms with Crippen molar-refractivity contribution in [3.8, 4) is 11.5 Å². The Bertz CT molecular complexity index is 1050. The molecular formula is C22H26N4O3. The lowest BCUT2D eigenvalue weighted by molar-refractivity contribution is -0.0768. The second-order valence-electron chi connectivity index (χ2n) is 7.78. The monoisotopic (exact) mass is 394 g/mol. The Morgan fingerprint density at radius 1 is 1.10 bits per heavy atom. The SMILES string of the molecule is COc1cc2c(cc1OC)C1(CCN(c3nc(C)nc4cc[nH]c34)CC1)OCC2. The molecule has 3 aromatic rings. The number of piperidine rings is 1. The quantitative estimate of drug-likeness (QED) is 0.735. The van der Waals surface area contributed by atoms with Gasteiger partial charge in [0.25, 0.3) is 0 Å². The van der Waals surface area contributed by atoms with Gasteiger partial charge < -0.3 is 24.1 Å². The Balaban J connectivity index is 1.47. The van der Waals surface area contributed by atoms with E-state index in [0.29, 0.717) is 0 Å². The minimum Gasteiger partial charge on any atom is -0.493 e. The number of rotatable bonds is 3. The number of H-pyrrole nitrogens is 1. The fraction of sp³-hybridized carbons (Fsp3) is 0.455. The van der Waals surface area contributed by atoms with E-state index in [4.69, 9.17) is 19.2 Å². The summed E-state index contributed by atoms with van der Waals surface area (Å²) < 4.78 is 17.5. The topological polar surface area (TPSA) is 72.5 Å². The molecule has 7 nitrogen and oxygen atoms in total. The molecule has 29 heavy (non-hydrogen) atoms. The average molecular weight is 394 g/mol. The van der Waals surface area contributed by atoms with Gasteiger partial charge in [-0.1, -0.05) is 0 Å². The van der Waals surface area contributed by atoms with Gasteiger partial charge in [0.15, 0.2) is 17.3 Å². The van der Waals surface area contributed by atoms with Crippen LogP contribution < -0.4 is 14.4 Å². The number of benzene rings is 1. The second-order valence-corrected chi connectivity index (χ2v) is 7.78. The number of nitrogens with one attached hydrogen (secondary N) is 1. The number of aromatic amines is 1. The van der Waals surface area contributed by atoms with E-state index in [9.17, 15) is 0 Å². The third kappa shape index (κ3) is 2.92. The molecule has 2 aliphatic rings. The van der Waals surface area contributed by atoms with E-state index in [1.54, 1.807) is 14.2 Å². The fourth-order valence-electron chi connectivity index (χ4n) is 4.75. The van der Waals surface area contributed by atoms with Crippen molar-refractivity contribution in [2.24, 2.45) is 0 Å². The highest BCUT2D eigenvalue weighted by Gasteiger charge is 2.42. The highest BCUT2D eigenvalue weighted by molar-refractivity contribution is 5.86. The van der Waals surface area contributed by atoms with Crippen LogP contribution in [0.1, 0.15) is 29.8 Å². The number of nitrogens with zero attached hydrogens (tertiary/aromatic N) is 3. The molecule has 0 aliphatic carbocycles. The van der Waals surface area contributed by atoms with E-state index in [1.807, 2.05) is 19.2 Å². The van der Waals surface area contributed by atoms with Crippen molar-refractivity contribution in [1.29, 1.82) is 0 Å². The molecule has 2 aliphatic heterocycles. The lowest BCUT2D eigenvalue weighted by Crippen LogP contribution is -2.47. The van der Waals surface area contributed by atoms with Gasteiger partial charge in [0.05, 0.1) is 31.9 Å². The highest BCUT2D eigenvalue weighted by atomic mass is 16.5. The molecule has 1 spiro atoms. The van der Waals surface area contributed by atoms with Gasteiger partial charge in [-0.3, -0.25) is 0 Å². The maximum absolute atomic E-state index is 6.42. The molecule has 0 bridgehead atoms. The van der Waals surface area contributed by atoms with Crippen LogP contribution in [0.5, 0.6) is 11.5 Å². The zero-order valence-corrected chi connectivity index (χ0v) is 17.1. The molecule has 1 saturated heterocycles. The average Bonchev–Trinajstić information content (AvgIpc) is 3.21. The summed E-state index contributed by atoms with van der Waals surface area (Å²) in [5.41, 5.74) is 4.23. The van der Waals surface area contributed by atoms with Crippen LogP contribution in [0.3, 0.4) is 0 Å². The fourth-order valence-corrected chi connectivity index (χ4v) is 4.75. The molecule has 152 valence electrons. The predicted octanol–water partition coefficient (Wildman–Crippen LogP) is 3.35. The van der Waals surface area contributed by atoms with Crippen LogP contribution in [0.4, 0.5) is 5.82 Å². The Morgan fingerprint density at radius 2 is 1.86 bits per heavy atom. The lowest BCUT2D eigenvalue weighted by atomic mass is 9.79. The van der Waals surface area contributed by atoms with E-state index in [1.165, 1.54) is 11.1 Å². The molecular weight excluding hydrogens is 368 g/mol. The van der Waals surface area contributed by atoms with Crippen molar-refractivity contribution in [3.63, 3.8) is 0 Å². The molecule has 1 fully saturated rings. The van der Waals surface area contributed by atoms with Crippen molar-refractivity contribution in [2.45, 2.75) is 31.8 Å². The van der Waals surface area contributed by atoms with Gasteiger partial charge >= 0.3 is 0 Å². The minimum atomic E-state index is -0.277. The summed E-state index contributed by atoms with van der Waals surface area (Å²) in [6.45, 7) is 4.42. The van der Waals surface area contributed by atoms with Crippen molar-refractivity contribution >= 4 is 16.9 Å². The minimum absolute atomic E-state index is 0.277. The third-order valence-corrected chi connectivity index (χ3v) is 6.22. The summed E-state index contributed by atoms with van der Waals surface area (Å²) in [7, 11) is 3.37. The van der Waals surface area contributed by atoms with Crippen molar-refractivity contribution in [3.05, 3.63) is 41.3 Å². The Kier molecular flexibility index (Phi) is 4.35. The first-order chi connectivity index (χ1) is 14.1. The first kappa shape index (κ1) is 18.2. The zero-order chi connectivity index (χ0) is 20.0. The zero-order valence-electron chi connectivity index (χ0n) is 17.1. The Morgan fingerprint density at radius 3 is 2.62 bits per heavy atom. The van der Waals surface area contributed by atoms with Crippen molar-refractivity contribution in [2.75, 3.05) is 38.8 Å². The van der Waals surface area contributed by atoms with Gasteiger partial charge in [-0.25, -0.2) is 9.97 Å². The maximum Gasteiger partial charge on any atom is 0.161 e. The van der Waals surface area contributed by atoms with Crippen LogP contribution in [0.25, 0.3) is 11.0 Å². The molecule has 0 unspecified atom stereocenters. The lowest BCUT2D eigenvalue weighted by Gasteiger charge is -2.45. The van der Waals surface area contributed by atoms with Crippen LogP contribution in [0, 0.1) is 6.92 Å². The maximum atomic E-state index is 6.42. The normalized spacial score (nSPS) is 18.1.